The molecule has 2 saturated heterocycles. The van der Waals surface area contributed by atoms with Crippen molar-refractivity contribution in [2.24, 2.45) is 0 Å². The molecule has 1 aromatic rings. The number of hydrogen-bond acceptors (Lipinski definition) is 2. The molecule has 1 aromatic carbocycles. The number of benzene rings is 1. The number of aryl methyl sites for hydroxylation is 1. The lowest BCUT2D eigenvalue weighted by molar-refractivity contribution is 0.0743. The fourth-order valence-corrected chi connectivity index (χ4v) is 3.09. The zero-order valence-electron chi connectivity index (χ0n) is 11.2. The third-order valence-electron chi connectivity index (χ3n) is 4.17. The number of amides is 1. The smallest absolute Gasteiger partial charge is 0.256 e. The van der Waals surface area contributed by atoms with E-state index in [9.17, 15) is 9.18 Å². The minimum atomic E-state index is -0.410. The van der Waals surface area contributed by atoms with Crippen molar-refractivity contribution in [2.75, 3.05) is 13.1 Å². The van der Waals surface area contributed by atoms with Crippen molar-refractivity contribution in [3.63, 3.8) is 0 Å². The molecule has 0 saturated carbocycles. The van der Waals surface area contributed by atoms with Crippen molar-refractivity contribution in [2.45, 2.75) is 38.3 Å². The minimum Gasteiger partial charge on any atom is -0.337 e. The van der Waals surface area contributed by atoms with Gasteiger partial charge in [0, 0.05) is 25.2 Å². The van der Waals surface area contributed by atoms with Gasteiger partial charge in [0.25, 0.3) is 5.91 Å². The van der Waals surface area contributed by atoms with Crippen LogP contribution in [0.2, 0.25) is 0 Å². The first kappa shape index (κ1) is 12.6. The summed E-state index contributed by atoms with van der Waals surface area (Å²) in [5.74, 6) is -0.584. The minimum absolute atomic E-state index is 0.174. The first-order valence-electron chi connectivity index (χ1n) is 6.95. The summed E-state index contributed by atoms with van der Waals surface area (Å²) in [6.45, 7) is 3.25. The van der Waals surface area contributed by atoms with Gasteiger partial charge in [-0.05, 0) is 43.9 Å². The number of fused-ring (bicyclic) bond motifs is 2. The van der Waals surface area contributed by atoms with Crippen LogP contribution in [0.15, 0.2) is 18.2 Å². The standard InChI is InChI=1S/C15H19FN2O/c1-10-2-5-13(14(16)8-10)15(19)18-7-6-11-3-4-12(9-18)17-11/h2,5,8,11-12,17H,3-4,6-7,9H2,1H3. The molecule has 102 valence electrons. The first-order chi connectivity index (χ1) is 9.13. The maximum Gasteiger partial charge on any atom is 0.256 e. The largest absolute Gasteiger partial charge is 0.337 e. The van der Waals surface area contributed by atoms with Gasteiger partial charge in [0.1, 0.15) is 5.82 Å². The highest BCUT2D eigenvalue weighted by molar-refractivity contribution is 5.94. The van der Waals surface area contributed by atoms with Gasteiger partial charge in [0.2, 0.25) is 0 Å². The summed E-state index contributed by atoms with van der Waals surface area (Å²) in [6.07, 6.45) is 3.28. The van der Waals surface area contributed by atoms with Crippen LogP contribution in [0, 0.1) is 12.7 Å². The van der Waals surface area contributed by atoms with Gasteiger partial charge >= 0.3 is 0 Å². The number of halogens is 1. The average molecular weight is 262 g/mol. The molecular weight excluding hydrogens is 243 g/mol. The molecule has 2 unspecified atom stereocenters. The van der Waals surface area contributed by atoms with Gasteiger partial charge in [-0.1, -0.05) is 6.07 Å². The van der Waals surface area contributed by atoms with E-state index in [1.807, 2.05) is 6.92 Å². The Balaban J connectivity index is 1.79. The van der Waals surface area contributed by atoms with Crippen molar-refractivity contribution in [3.05, 3.63) is 35.1 Å². The summed E-state index contributed by atoms with van der Waals surface area (Å²) in [5.41, 5.74) is 1.04. The summed E-state index contributed by atoms with van der Waals surface area (Å²) in [5, 5.41) is 3.53. The Morgan fingerprint density at radius 1 is 1.32 bits per heavy atom. The van der Waals surface area contributed by atoms with Crippen LogP contribution in [0.5, 0.6) is 0 Å². The molecule has 0 spiro atoms. The molecule has 0 radical (unpaired) electrons. The fraction of sp³-hybridized carbons (Fsp3) is 0.533. The molecule has 19 heavy (non-hydrogen) atoms. The van der Waals surface area contributed by atoms with E-state index in [-0.39, 0.29) is 11.5 Å². The second-order valence-electron chi connectivity index (χ2n) is 5.66. The Bertz CT molecular complexity index is 503. The van der Waals surface area contributed by atoms with Gasteiger partial charge in [-0.15, -0.1) is 0 Å². The van der Waals surface area contributed by atoms with Crippen LogP contribution in [-0.2, 0) is 0 Å². The molecule has 2 fully saturated rings. The predicted molar refractivity (Wildman–Crippen MR) is 71.6 cm³/mol. The SMILES string of the molecule is Cc1ccc(C(=O)N2CCC3CCC(C2)N3)c(F)c1. The van der Waals surface area contributed by atoms with Crippen LogP contribution in [0.4, 0.5) is 4.39 Å². The number of nitrogens with zero attached hydrogens (tertiary/aromatic N) is 1. The molecule has 4 heteroatoms. The topological polar surface area (TPSA) is 32.3 Å². The highest BCUT2D eigenvalue weighted by atomic mass is 19.1. The van der Waals surface area contributed by atoms with Gasteiger partial charge in [0.15, 0.2) is 0 Å². The van der Waals surface area contributed by atoms with Gasteiger partial charge in [-0.25, -0.2) is 4.39 Å². The van der Waals surface area contributed by atoms with Crippen molar-refractivity contribution in [1.82, 2.24) is 10.2 Å². The predicted octanol–water partition coefficient (Wildman–Crippen LogP) is 2.10. The normalized spacial score (nSPS) is 26.3. The van der Waals surface area contributed by atoms with Crippen LogP contribution in [0.1, 0.15) is 35.2 Å². The van der Waals surface area contributed by atoms with E-state index in [4.69, 9.17) is 0 Å². The Hall–Kier alpha value is -1.42. The number of carbonyl (C=O) groups excluding carboxylic acids is 1. The van der Waals surface area contributed by atoms with Crippen LogP contribution in [-0.4, -0.2) is 36.0 Å². The van der Waals surface area contributed by atoms with E-state index in [1.165, 1.54) is 12.5 Å². The molecule has 2 aliphatic heterocycles. The maximum atomic E-state index is 13.9. The number of hydrogen-bond donors (Lipinski definition) is 1. The lowest BCUT2D eigenvalue weighted by Crippen LogP contribution is -2.39. The molecule has 1 N–H and O–H groups in total. The zero-order valence-corrected chi connectivity index (χ0v) is 11.2. The summed E-state index contributed by atoms with van der Waals surface area (Å²) in [6, 6.07) is 5.73. The van der Waals surface area contributed by atoms with Crippen LogP contribution in [0.25, 0.3) is 0 Å². The number of rotatable bonds is 1. The summed E-state index contributed by atoms with van der Waals surface area (Å²) in [7, 11) is 0. The second kappa shape index (κ2) is 4.93. The van der Waals surface area contributed by atoms with Gasteiger partial charge in [-0.3, -0.25) is 4.79 Å². The summed E-state index contributed by atoms with van der Waals surface area (Å²) >= 11 is 0. The molecule has 3 rings (SSSR count). The van der Waals surface area contributed by atoms with Crippen LogP contribution < -0.4 is 5.32 Å². The van der Waals surface area contributed by atoms with E-state index in [1.54, 1.807) is 17.0 Å². The van der Waals surface area contributed by atoms with Crippen LogP contribution >= 0.6 is 0 Å². The summed E-state index contributed by atoms with van der Waals surface area (Å²) in [4.78, 5) is 14.2. The molecule has 2 aliphatic rings. The first-order valence-corrected chi connectivity index (χ1v) is 6.95. The van der Waals surface area contributed by atoms with Crippen molar-refractivity contribution >= 4 is 5.91 Å². The van der Waals surface area contributed by atoms with E-state index in [0.717, 1.165) is 24.9 Å². The van der Waals surface area contributed by atoms with E-state index < -0.39 is 5.82 Å². The molecule has 1 amide bonds. The van der Waals surface area contributed by atoms with Gasteiger partial charge < -0.3 is 10.2 Å². The third-order valence-corrected chi connectivity index (χ3v) is 4.17. The molecule has 3 nitrogen and oxygen atoms in total. The van der Waals surface area contributed by atoms with E-state index in [0.29, 0.717) is 18.6 Å². The zero-order chi connectivity index (χ0) is 13.4. The van der Waals surface area contributed by atoms with Crippen molar-refractivity contribution in [3.8, 4) is 0 Å². The quantitative estimate of drug-likeness (QED) is 0.840. The number of nitrogens with one attached hydrogen (secondary N) is 1. The average Bonchev–Trinajstić information content (AvgIpc) is 2.68. The lowest BCUT2D eigenvalue weighted by Gasteiger charge is -2.24. The molecule has 2 heterocycles. The number of likely N-dealkylation sites (tertiary alicyclic amines) is 1. The Kier molecular flexibility index (Phi) is 3.27. The van der Waals surface area contributed by atoms with Gasteiger partial charge in [-0.2, -0.15) is 0 Å². The Labute approximate surface area is 112 Å². The fourth-order valence-electron chi connectivity index (χ4n) is 3.09. The second-order valence-corrected chi connectivity index (χ2v) is 5.66. The molecule has 2 bridgehead atoms. The lowest BCUT2D eigenvalue weighted by atomic mass is 10.1. The monoisotopic (exact) mass is 262 g/mol. The highest BCUT2D eigenvalue weighted by Crippen LogP contribution is 2.22. The van der Waals surface area contributed by atoms with Gasteiger partial charge in [0.05, 0.1) is 5.56 Å². The highest BCUT2D eigenvalue weighted by Gasteiger charge is 2.32. The van der Waals surface area contributed by atoms with E-state index >= 15 is 0 Å². The van der Waals surface area contributed by atoms with E-state index in [2.05, 4.69) is 5.32 Å². The Morgan fingerprint density at radius 3 is 2.89 bits per heavy atom. The molecular formula is C15H19FN2O. The van der Waals surface area contributed by atoms with Crippen molar-refractivity contribution in [1.29, 1.82) is 0 Å². The van der Waals surface area contributed by atoms with Crippen LogP contribution in [0.3, 0.4) is 0 Å². The number of carbonyl (C=O) groups is 1. The summed E-state index contributed by atoms with van der Waals surface area (Å²) < 4.78 is 13.9. The molecule has 0 aliphatic carbocycles. The molecule has 0 aromatic heterocycles. The van der Waals surface area contributed by atoms with Crippen molar-refractivity contribution < 1.29 is 9.18 Å². The third kappa shape index (κ3) is 2.50. The molecule has 2 atom stereocenters. The maximum absolute atomic E-state index is 13.9. The Morgan fingerprint density at radius 2 is 2.11 bits per heavy atom.